The highest BCUT2D eigenvalue weighted by Gasteiger charge is 2.34. The van der Waals surface area contributed by atoms with Crippen molar-refractivity contribution in [2.24, 2.45) is 0 Å². The molecular formula is C24H26N2O5. The molecule has 2 N–H and O–H groups in total. The van der Waals surface area contributed by atoms with E-state index in [0.717, 1.165) is 22.3 Å². The maximum Gasteiger partial charge on any atom is 0.338 e. The van der Waals surface area contributed by atoms with Crippen LogP contribution in [-0.4, -0.2) is 31.2 Å². The van der Waals surface area contributed by atoms with Gasteiger partial charge in [-0.1, -0.05) is 48.5 Å². The van der Waals surface area contributed by atoms with E-state index in [2.05, 4.69) is 10.6 Å². The lowest BCUT2D eigenvalue weighted by Crippen LogP contribution is -2.47. The monoisotopic (exact) mass is 422 g/mol. The zero-order valence-electron chi connectivity index (χ0n) is 17.9. The Labute approximate surface area is 181 Å². The molecule has 7 heteroatoms. The number of carbonyl (C=O) groups excluding carboxylic acids is 3. The summed E-state index contributed by atoms with van der Waals surface area (Å²) in [6.45, 7) is 5.62. The highest BCUT2D eigenvalue weighted by Crippen LogP contribution is 2.27. The summed E-state index contributed by atoms with van der Waals surface area (Å²) in [4.78, 5) is 37.3. The van der Waals surface area contributed by atoms with E-state index in [1.807, 2.05) is 50.2 Å². The number of ether oxygens (including phenoxy) is 2. The molecule has 1 aliphatic rings. The van der Waals surface area contributed by atoms with Gasteiger partial charge in [-0.05, 0) is 43.0 Å². The fourth-order valence-corrected chi connectivity index (χ4v) is 3.36. The maximum absolute atomic E-state index is 12.7. The van der Waals surface area contributed by atoms with Gasteiger partial charge in [-0.3, -0.25) is 4.79 Å². The molecule has 0 fully saturated rings. The summed E-state index contributed by atoms with van der Waals surface area (Å²) in [6.07, 6.45) is 0.0947. The van der Waals surface area contributed by atoms with Gasteiger partial charge in [0.15, 0.2) is 0 Å². The molecule has 1 aliphatic heterocycles. The molecule has 2 aromatic rings. The topological polar surface area (TPSA) is 93.7 Å². The van der Waals surface area contributed by atoms with Gasteiger partial charge in [0.05, 0.1) is 30.3 Å². The molecule has 3 rings (SSSR count). The Balaban J connectivity index is 1.82. The van der Waals surface area contributed by atoms with Gasteiger partial charge >= 0.3 is 18.0 Å². The first-order chi connectivity index (χ1) is 14.9. The van der Waals surface area contributed by atoms with Gasteiger partial charge in [0.25, 0.3) is 0 Å². The van der Waals surface area contributed by atoms with E-state index in [0.29, 0.717) is 0 Å². The molecular weight excluding hydrogens is 396 g/mol. The van der Waals surface area contributed by atoms with Crippen LogP contribution in [0.2, 0.25) is 0 Å². The third-order valence-corrected chi connectivity index (χ3v) is 5.08. The zero-order chi connectivity index (χ0) is 22.4. The van der Waals surface area contributed by atoms with Gasteiger partial charge in [-0.15, -0.1) is 0 Å². The van der Waals surface area contributed by atoms with Crippen molar-refractivity contribution in [3.05, 3.63) is 82.1 Å². The second-order valence-electron chi connectivity index (χ2n) is 7.31. The highest BCUT2D eigenvalue weighted by atomic mass is 16.5. The Morgan fingerprint density at radius 2 is 1.74 bits per heavy atom. The van der Waals surface area contributed by atoms with Gasteiger partial charge in [-0.25, -0.2) is 9.59 Å². The zero-order valence-corrected chi connectivity index (χ0v) is 17.9. The molecule has 1 atom stereocenters. The van der Waals surface area contributed by atoms with Crippen LogP contribution in [0.15, 0.2) is 59.8 Å². The van der Waals surface area contributed by atoms with Crippen molar-refractivity contribution in [3.8, 4) is 0 Å². The summed E-state index contributed by atoms with van der Waals surface area (Å²) in [5, 5.41) is 5.33. The van der Waals surface area contributed by atoms with E-state index in [1.54, 1.807) is 19.1 Å². The predicted molar refractivity (Wildman–Crippen MR) is 115 cm³/mol. The molecule has 7 nitrogen and oxygen atoms in total. The molecule has 2 amide bonds. The van der Waals surface area contributed by atoms with E-state index in [4.69, 9.17) is 9.47 Å². The Bertz CT molecular complexity index is 1010. The summed E-state index contributed by atoms with van der Waals surface area (Å²) in [6, 6.07) is 13.7. The summed E-state index contributed by atoms with van der Waals surface area (Å²) < 4.78 is 10.6. The van der Waals surface area contributed by atoms with Crippen LogP contribution < -0.4 is 10.6 Å². The van der Waals surface area contributed by atoms with Crippen LogP contribution >= 0.6 is 0 Å². The first-order valence-electron chi connectivity index (χ1n) is 10.1. The summed E-state index contributed by atoms with van der Waals surface area (Å²) in [7, 11) is 0. The fraction of sp³-hybridized carbons (Fsp3) is 0.292. The van der Waals surface area contributed by atoms with Crippen LogP contribution in [0.25, 0.3) is 0 Å². The number of hydrogen-bond donors (Lipinski definition) is 2. The number of amides is 2. The van der Waals surface area contributed by atoms with Gasteiger partial charge in [0.2, 0.25) is 0 Å². The molecule has 31 heavy (non-hydrogen) atoms. The molecule has 0 saturated carbocycles. The molecule has 0 aromatic heterocycles. The summed E-state index contributed by atoms with van der Waals surface area (Å²) in [5.74, 6) is -1.04. The maximum atomic E-state index is 12.7. The third kappa shape index (κ3) is 5.51. The van der Waals surface area contributed by atoms with Gasteiger partial charge < -0.3 is 20.1 Å². The average Bonchev–Trinajstić information content (AvgIpc) is 2.75. The van der Waals surface area contributed by atoms with Crippen molar-refractivity contribution in [2.75, 3.05) is 13.2 Å². The first-order valence-corrected chi connectivity index (χ1v) is 10.1. The number of aryl methyl sites for hydroxylation is 2. The first kappa shape index (κ1) is 22.1. The van der Waals surface area contributed by atoms with E-state index < -0.39 is 24.0 Å². The normalized spacial score (nSPS) is 15.7. The fourth-order valence-electron chi connectivity index (χ4n) is 3.36. The van der Waals surface area contributed by atoms with Crippen molar-refractivity contribution in [1.82, 2.24) is 10.6 Å². The molecule has 0 radical (unpaired) electrons. The smallest absolute Gasteiger partial charge is 0.338 e. The van der Waals surface area contributed by atoms with Crippen molar-refractivity contribution in [3.63, 3.8) is 0 Å². The van der Waals surface area contributed by atoms with E-state index >= 15 is 0 Å². The molecule has 1 heterocycles. The van der Waals surface area contributed by atoms with Crippen LogP contribution in [-0.2, 0) is 25.5 Å². The third-order valence-electron chi connectivity index (χ3n) is 5.08. The molecule has 0 bridgehead atoms. The highest BCUT2D eigenvalue weighted by molar-refractivity contribution is 5.95. The number of benzene rings is 2. The van der Waals surface area contributed by atoms with Crippen molar-refractivity contribution in [2.45, 2.75) is 33.2 Å². The number of esters is 2. The van der Waals surface area contributed by atoms with E-state index in [1.165, 1.54) is 0 Å². The summed E-state index contributed by atoms with van der Waals surface area (Å²) in [5.41, 5.74) is 4.22. The Morgan fingerprint density at radius 1 is 1.00 bits per heavy atom. The lowest BCUT2D eigenvalue weighted by molar-refractivity contribution is -0.143. The lowest BCUT2D eigenvalue weighted by Gasteiger charge is -2.29. The van der Waals surface area contributed by atoms with E-state index in [-0.39, 0.29) is 30.9 Å². The lowest BCUT2D eigenvalue weighted by atomic mass is 9.95. The molecule has 0 unspecified atom stereocenters. The number of carbonyl (C=O) groups is 3. The Hall–Kier alpha value is -3.61. The molecule has 0 spiro atoms. The Kier molecular flexibility index (Phi) is 7.07. The minimum absolute atomic E-state index is 0.0947. The van der Waals surface area contributed by atoms with Gasteiger partial charge in [0, 0.05) is 0 Å². The number of hydrogen-bond acceptors (Lipinski definition) is 5. The second-order valence-corrected chi connectivity index (χ2v) is 7.31. The van der Waals surface area contributed by atoms with Crippen LogP contribution in [0.3, 0.4) is 0 Å². The largest absolute Gasteiger partial charge is 0.463 e. The molecule has 2 aromatic carbocycles. The van der Waals surface area contributed by atoms with Crippen LogP contribution in [0.1, 0.15) is 35.2 Å². The summed E-state index contributed by atoms with van der Waals surface area (Å²) >= 11 is 0. The van der Waals surface area contributed by atoms with Crippen LogP contribution in [0, 0.1) is 13.8 Å². The number of rotatable bonds is 7. The average molecular weight is 422 g/mol. The SMILES string of the molecule is CCOC(=O)C1=C(COC(=O)Cc2ccc(C)c(C)c2)NC(=O)N[C@H]1c1ccccc1. The number of nitrogens with one attached hydrogen (secondary N) is 2. The van der Waals surface area contributed by atoms with Crippen LogP contribution in [0.5, 0.6) is 0 Å². The minimum Gasteiger partial charge on any atom is -0.463 e. The van der Waals surface area contributed by atoms with E-state index in [9.17, 15) is 14.4 Å². The van der Waals surface area contributed by atoms with Crippen molar-refractivity contribution >= 4 is 18.0 Å². The molecule has 0 aliphatic carbocycles. The standard InChI is InChI=1S/C24H26N2O5/c1-4-30-23(28)21-19(25-24(29)26-22(21)18-8-6-5-7-9-18)14-31-20(27)13-17-11-10-15(2)16(3)12-17/h5-12,22H,4,13-14H2,1-3H3,(H2,25,26,29)/t22-/m0/s1. The molecule has 162 valence electrons. The number of urea groups is 1. The minimum atomic E-state index is -0.706. The predicted octanol–water partition coefficient (Wildman–Crippen LogP) is 3.26. The van der Waals surface area contributed by atoms with Crippen molar-refractivity contribution < 1.29 is 23.9 Å². The van der Waals surface area contributed by atoms with Gasteiger partial charge in [-0.2, -0.15) is 0 Å². The second kappa shape index (κ2) is 9.93. The Morgan fingerprint density at radius 3 is 2.42 bits per heavy atom. The quantitative estimate of drug-likeness (QED) is 0.668. The van der Waals surface area contributed by atoms with Crippen LogP contribution in [0.4, 0.5) is 4.79 Å². The van der Waals surface area contributed by atoms with Gasteiger partial charge in [0.1, 0.15) is 6.61 Å². The molecule has 0 saturated heterocycles. The van der Waals surface area contributed by atoms with Crippen molar-refractivity contribution in [1.29, 1.82) is 0 Å².